The second-order valence-electron chi connectivity index (χ2n) is 7.05. The molecule has 4 N–H and O–H groups in total. The van der Waals surface area contributed by atoms with Crippen molar-refractivity contribution in [2.75, 3.05) is 23.0 Å². The molecule has 0 saturated heterocycles. The molecule has 27 heavy (non-hydrogen) atoms. The van der Waals surface area contributed by atoms with Gasteiger partial charge in [0.1, 0.15) is 0 Å². The smallest absolute Gasteiger partial charge is 0.254 e. The summed E-state index contributed by atoms with van der Waals surface area (Å²) >= 11 is 1.58. The maximum atomic E-state index is 12.9. The molecule has 0 saturated carbocycles. The van der Waals surface area contributed by atoms with Crippen molar-refractivity contribution in [3.63, 3.8) is 0 Å². The Balaban J connectivity index is 1.53. The van der Waals surface area contributed by atoms with Gasteiger partial charge in [0.15, 0.2) is 11.5 Å². The van der Waals surface area contributed by atoms with Crippen molar-refractivity contribution in [3.8, 4) is 0 Å². The molecule has 2 aliphatic heterocycles. The van der Waals surface area contributed by atoms with Gasteiger partial charge in [-0.1, -0.05) is 36.0 Å². The van der Waals surface area contributed by atoms with E-state index < -0.39 is 0 Å². The highest BCUT2D eigenvalue weighted by Gasteiger charge is 2.31. The summed E-state index contributed by atoms with van der Waals surface area (Å²) in [6.07, 6.45) is 0.611. The molecule has 0 bridgehead atoms. The zero-order valence-corrected chi connectivity index (χ0v) is 16.2. The zero-order chi connectivity index (χ0) is 19.0. The van der Waals surface area contributed by atoms with Gasteiger partial charge < -0.3 is 21.3 Å². The Kier molecular flexibility index (Phi) is 4.47. The molecule has 140 valence electrons. The van der Waals surface area contributed by atoms with Gasteiger partial charge in [-0.15, -0.1) is 0 Å². The summed E-state index contributed by atoms with van der Waals surface area (Å²) in [6, 6.07) is 15.7. The first-order valence-corrected chi connectivity index (χ1v) is 9.93. The molecule has 2 unspecified atom stereocenters. The average Bonchev–Trinajstić information content (AvgIpc) is 2.98. The largest absolute Gasteiger partial charge is 0.379 e. The van der Waals surface area contributed by atoms with Crippen LogP contribution in [0.5, 0.6) is 0 Å². The van der Waals surface area contributed by atoms with Crippen molar-refractivity contribution in [2.24, 2.45) is 10.7 Å². The Morgan fingerprint density at radius 1 is 1.33 bits per heavy atom. The van der Waals surface area contributed by atoms with E-state index >= 15 is 0 Å². The van der Waals surface area contributed by atoms with Gasteiger partial charge >= 0.3 is 0 Å². The van der Waals surface area contributed by atoms with E-state index in [1.807, 2.05) is 60.5 Å². The van der Waals surface area contributed by atoms with Gasteiger partial charge in [0.25, 0.3) is 5.91 Å². The topological polar surface area (TPSA) is 82.8 Å². The van der Waals surface area contributed by atoms with Crippen molar-refractivity contribution in [1.82, 2.24) is 5.32 Å². The summed E-state index contributed by atoms with van der Waals surface area (Å²) in [7, 11) is 1.96. The predicted molar refractivity (Wildman–Crippen MR) is 112 cm³/mol. The molecule has 2 heterocycles. The number of carbonyl (C=O) groups excluding carboxylic acids is 1. The molecule has 2 aromatic rings. The molecule has 4 rings (SSSR count). The number of amidine groups is 1. The highest BCUT2D eigenvalue weighted by molar-refractivity contribution is 8.13. The number of nitrogens with two attached hydrogens (primary N) is 1. The molecule has 2 aliphatic rings. The van der Waals surface area contributed by atoms with Crippen LogP contribution in [0.3, 0.4) is 0 Å². The van der Waals surface area contributed by atoms with E-state index in [0.717, 1.165) is 29.1 Å². The van der Waals surface area contributed by atoms with E-state index in [4.69, 9.17) is 5.73 Å². The first-order valence-electron chi connectivity index (χ1n) is 8.94. The number of hydrogen-bond acceptors (Lipinski definition) is 6. The fourth-order valence-corrected chi connectivity index (χ4v) is 4.49. The van der Waals surface area contributed by atoms with Crippen LogP contribution in [0.25, 0.3) is 0 Å². The number of thioether (sulfide) groups is 1. The van der Waals surface area contributed by atoms with Gasteiger partial charge in [-0.2, -0.15) is 0 Å². The third-order valence-electron chi connectivity index (χ3n) is 5.17. The number of benzene rings is 2. The number of hydrogen-bond donors (Lipinski definition) is 3. The van der Waals surface area contributed by atoms with Crippen LogP contribution in [0.15, 0.2) is 53.5 Å². The molecule has 2 atom stereocenters. The number of rotatable bonds is 3. The maximum absolute atomic E-state index is 12.9. The van der Waals surface area contributed by atoms with Crippen LogP contribution < -0.4 is 21.3 Å². The summed E-state index contributed by atoms with van der Waals surface area (Å²) in [6.45, 7) is 2.07. The molecule has 7 heteroatoms. The minimum Gasteiger partial charge on any atom is -0.379 e. The molecule has 2 aromatic carbocycles. The van der Waals surface area contributed by atoms with Crippen LogP contribution in [-0.2, 0) is 5.54 Å². The predicted octanol–water partition coefficient (Wildman–Crippen LogP) is 2.93. The highest BCUT2D eigenvalue weighted by Crippen LogP contribution is 2.35. The molecule has 1 amide bonds. The van der Waals surface area contributed by atoms with Gasteiger partial charge in [0, 0.05) is 18.4 Å². The van der Waals surface area contributed by atoms with Crippen LogP contribution in [0, 0.1) is 0 Å². The lowest BCUT2D eigenvalue weighted by Gasteiger charge is -2.30. The van der Waals surface area contributed by atoms with Gasteiger partial charge in [-0.3, -0.25) is 9.79 Å². The van der Waals surface area contributed by atoms with E-state index in [1.54, 1.807) is 11.8 Å². The van der Waals surface area contributed by atoms with Crippen molar-refractivity contribution in [3.05, 3.63) is 59.7 Å². The van der Waals surface area contributed by atoms with E-state index in [0.29, 0.717) is 10.7 Å². The number of fused-ring (bicyclic) bond motifs is 1. The number of nitrogens with one attached hydrogen (secondary N) is 2. The lowest BCUT2D eigenvalue weighted by Crippen LogP contribution is -2.48. The number of carbonyl (C=O) groups is 1. The molecular weight excluding hydrogens is 358 g/mol. The standard InChI is InChI=1S/C20H23N5OS/c1-20(10-11-27-18(21)24-20)14-7-5-6-13(12-14)17(26)23-19-22-15-8-3-4-9-16(15)25(19)2/h3-9,12,19,22H,10-11H2,1-2H3,(H2,21,24)(H,23,26). The Morgan fingerprint density at radius 2 is 2.15 bits per heavy atom. The summed E-state index contributed by atoms with van der Waals surface area (Å²) in [5.74, 6) is 0.803. The fourth-order valence-electron chi connectivity index (χ4n) is 3.52. The van der Waals surface area contributed by atoms with Crippen molar-refractivity contribution >= 4 is 34.2 Å². The molecule has 0 radical (unpaired) electrons. The fraction of sp³-hybridized carbons (Fsp3) is 0.300. The molecule has 0 aliphatic carbocycles. The monoisotopic (exact) mass is 381 g/mol. The average molecular weight is 382 g/mol. The zero-order valence-electron chi connectivity index (χ0n) is 15.4. The van der Waals surface area contributed by atoms with Crippen molar-refractivity contribution < 1.29 is 4.79 Å². The van der Waals surface area contributed by atoms with Crippen LogP contribution >= 0.6 is 11.8 Å². The normalized spacial score (nSPS) is 24.0. The van der Waals surface area contributed by atoms with Gasteiger partial charge in [-0.25, -0.2) is 0 Å². The summed E-state index contributed by atoms with van der Waals surface area (Å²) in [5.41, 5.74) is 9.25. The molecule has 0 aromatic heterocycles. The van der Waals surface area contributed by atoms with E-state index in [1.165, 1.54) is 0 Å². The number of amides is 1. The lowest BCUT2D eigenvalue weighted by atomic mass is 9.88. The highest BCUT2D eigenvalue weighted by atomic mass is 32.2. The number of anilines is 2. The van der Waals surface area contributed by atoms with Gasteiger partial charge in [0.05, 0.1) is 16.9 Å². The Hall–Kier alpha value is -2.67. The van der Waals surface area contributed by atoms with Crippen molar-refractivity contribution in [2.45, 2.75) is 25.2 Å². The maximum Gasteiger partial charge on any atom is 0.254 e. The molecule has 0 fully saturated rings. The molecular formula is C20H23N5OS. The first kappa shape index (κ1) is 17.7. The van der Waals surface area contributed by atoms with Crippen molar-refractivity contribution in [1.29, 1.82) is 0 Å². The third kappa shape index (κ3) is 3.35. The first-order chi connectivity index (χ1) is 13.0. The Labute approximate surface area is 163 Å². The summed E-state index contributed by atoms with van der Waals surface area (Å²) in [4.78, 5) is 19.5. The summed E-state index contributed by atoms with van der Waals surface area (Å²) in [5, 5.41) is 6.99. The second-order valence-corrected chi connectivity index (χ2v) is 8.17. The molecule has 6 nitrogen and oxygen atoms in total. The summed E-state index contributed by atoms with van der Waals surface area (Å²) < 4.78 is 0. The van der Waals surface area contributed by atoms with Gasteiger partial charge in [0.2, 0.25) is 0 Å². The number of aliphatic imine (C=N–C) groups is 1. The Bertz CT molecular complexity index is 915. The SMILES string of the molecule is CN1c2ccccc2NC1NC(=O)c1cccc(C2(C)CCSC(N)=N2)c1. The van der Waals surface area contributed by atoms with Crippen LogP contribution in [-0.4, -0.2) is 30.2 Å². The Morgan fingerprint density at radius 3 is 2.93 bits per heavy atom. The minimum atomic E-state index is -0.385. The van der Waals surface area contributed by atoms with Gasteiger partial charge in [-0.05, 0) is 43.2 Å². The van der Waals surface area contributed by atoms with Crippen LogP contribution in [0.2, 0.25) is 0 Å². The quantitative estimate of drug-likeness (QED) is 0.761. The van der Waals surface area contributed by atoms with Crippen LogP contribution in [0.4, 0.5) is 11.4 Å². The molecule has 0 spiro atoms. The van der Waals surface area contributed by atoms with E-state index in [-0.39, 0.29) is 17.7 Å². The lowest BCUT2D eigenvalue weighted by molar-refractivity contribution is 0.0942. The number of nitrogens with zero attached hydrogens (tertiary/aromatic N) is 2. The number of para-hydroxylation sites is 2. The minimum absolute atomic E-state index is 0.125. The third-order valence-corrected chi connectivity index (χ3v) is 5.97. The van der Waals surface area contributed by atoms with Crippen LogP contribution in [0.1, 0.15) is 29.3 Å². The van der Waals surface area contributed by atoms with E-state index in [2.05, 4.69) is 22.5 Å². The van der Waals surface area contributed by atoms with E-state index in [9.17, 15) is 4.79 Å². The second kappa shape index (κ2) is 6.81.